The molecule has 1 fully saturated rings. The van der Waals surface area contributed by atoms with Gasteiger partial charge in [0.15, 0.2) is 0 Å². The predicted molar refractivity (Wildman–Crippen MR) is 75.1 cm³/mol. The fraction of sp³-hybridized carbons (Fsp3) is 0.643. The quantitative estimate of drug-likeness (QED) is 0.920. The minimum atomic E-state index is 0.291. The average Bonchev–Trinajstić information content (AvgIpc) is 2.55. The molecule has 0 radical (unpaired) electrons. The second-order valence-electron chi connectivity index (χ2n) is 5.06. The molecule has 94 valence electrons. The number of halogens is 1. The molecule has 0 bridgehead atoms. The normalized spacial score (nSPS) is 25.5. The Bertz CT molecular complexity index is 357. The van der Waals surface area contributed by atoms with E-state index in [1.807, 2.05) is 12.4 Å². The van der Waals surface area contributed by atoms with E-state index in [2.05, 4.69) is 39.2 Å². The maximum Gasteiger partial charge on any atom is 0.0410 e. The Morgan fingerprint density at radius 2 is 2.24 bits per heavy atom. The van der Waals surface area contributed by atoms with Crippen LogP contribution >= 0.6 is 15.9 Å². The third-order valence-electron chi connectivity index (χ3n) is 3.81. The monoisotopic (exact) mass is 296 g/mol. The molecule has 3 heteroatoms. The van der Waals surface area contributed by atoms with Crippen LogP contribution in [-0.4, -0.2) is 17.1 Å². The van der Waals surface area contributed by atoms with Crippen LogP contribution in [-0.2, 0) is 6.42 Å². The van der Waals surface area contributed by atoms with Gasteiger partial charge in [-0.25, -0.2) is 0 Å². The average molecular weight is 297 g/mol. The Balaban J connectivity index is 2.12. The molecule has 1 unspecified atom stereocenters. The van der Waals surface area contributed by atoms with Crippen molar-refractivity contribution in [1.82, 2.24) is 10.3 Å². The highest BCUT2D eigenvalue weighted by Crippen LogP contribution is 2.27. The molecule has 2 heterocycles. The van der Waals surface area contributed by atoms with Gasteiger partial charge in [0, 0.05) is 22.4 Å². The SMILES string of the molecule is CCC1(Cc2cncc(Br)c2)CCCCCN1. The van der Waals surface area contributed by atoms with Crippen molar-refractivity contribution >= 4 is 15.9 Å². The van der Waals surface area contributed by atoms with E-state index in [0.29, 0.717) is 5.54 Å². The highest BCUT2D eigenvalue weighted by molar-refractivity contribution is 9.10. The zero-order chi connectivity index (χ0) is 12.1. The van der Waals surface area contributed by atoms with Gasteiger partial charge in [-0.3, -0.25) is 4.98 Å². The van der Waals surface area contributed by atoms with E-state index < -0.39 is 0 Å². The van der Waals surface area contributed by atoms with Gasteiger partial charge >= 0.3 is 0 Å². The Morgan fingerprint density at radius 1 is 1.35 bits per heavy atom. The number of hydrogen-bond acceptors (Lipinski definition) is 2. The number of hydrogen-bond donors (Lipinski definition) is 1. The lowest BCUT2D eigenvalue weighted by Gasteiger charge is -2.33. The van der Waals surface area contributed by atoms with Gasteiger partial charge in [0.2, 0.25) is 0 Å². The van der Waals surface area contributed by atoms with Crippen molar-refractivity contribution < 1.29 is 0 Å². The maximum atomic E-state index is 4.26. The van der Waals surface area contributed by atoms with Gasteiger partial charge in [0.05, 0.1) is 0 Å². The van der Waals surface area contributed by atoms with E-state index in [0.717, 1.165) is 17.4 Å². The lowest BCUT2D eigenvalue weighted by atomic mass is 9.84. The van der Waals surface area contributed by atoms with Crippen molar-refractivity contribution in [2.45, 2.75) is 51.0 Å². The fourth-order valence-electron chi connectivity index (χ4n) is 2.73. The van der Waals surface area contributed by atoms with Crippen LogP contribution in [0.4, 0.5) is 0 Å². The Labute approximate surface area is 112 Å². The van der Waals surface area contributed by atoms with E-state index >= 15 is 0 Å². The minimum Gasteiger partial charge on any atom is -0.311 e. The molecule has 0 aliphatic carbocycles. The fourth-order valence-corrected chi connectivity index (χ4v) is 3.14. The Hall–Kier alpha value is -0.410. The predicted octanol–water partition coefficient (Wildman–Crippen LogP) is 3.70. The lowest BCUT2D eigenvalue weighted by molar-refractivity contribution is 0.302. The summed E-state index contributed by atoms with van der Waals surface area (Å²) in [5.41, 5.74) is 1.62. The van der Waals surface area contributed by atoms with Crippen molar-refractivity contribution in [3.63, 3.8) is 0 Å². The summed E-state index contributed by atoms with van der Waals surface area (Å²) in [6.45, 7) is 3.46. The first-order chi connectivity index (χ1) is 8.24. The van der Waals surface area contributed by atoms with Crippen LogP contribution in [0.1, 0.15) is 44.6 Å². The van der Waals surface area contributed by atoms with Crippen LogP contribution < -0.4 is 5.32 Å². The third-order valence-corrected chi connectivity index (χ3v) is 4.25. The van der Waals surface area contributed by atoms with Crippen molar-refractivity contribution in [3.8, 4) is 0 Å². The highest BCUT2D eigenvalue weighted by Gasteiger charge is 2.28. The van der Waals surface area contributed by atoms with E-state index in [-0.39, 0.29) is 0 Å². The van der Waals surface area contributed by atoms with Gasteiger partial charge in [-0.2, -0.15) is 0 Å². The van der Waals surface area contributed by atoms with Gasteiger partial charge < -0.3 is 5.32 Å². The Morgan fingerprint density at radius 3 is 3.00 bits per heavy atom. The molecule has 1 atom stereocenters. The maximum absolute atomic E-state index is 4.26. The molecule has 2 nitrogen and oxygen atoms in total. The molecule has 1 saturated heterocycles. The van der Waals surface area contributed by atoms with E-state index in [1.54, 1.807) is 0 Å². The summed E-state index contributed by atoms with van der Waals surface area (Å²) in [7, 11) is 0. The smallest absolute Gasteiger partial charge is 0.0410 e. The van der Waals surface area contributed by atoms with Crippen molar-refractivity contribution in [3.05, 3.63) is 28.5 Å². The molecule has 0 spiro atoms. The molecule has 0 saturated carbocycles. The molecule has 0 aromatic carbocycles. The lowest BCUT2D eigenvalue weighted by Crippen LogP contribution is -2.46. The summed E-state index contributed by atoms with van der Waals surface area (Å²) >= 11 is 3.50. The number of pyridine rings is 1. The molecule has 2 rings (SSSR count). The van der Waals surface area contributed by atoms with Gasteiger partial charge in [-0.15, -0.1) is 0 Å². The van der Waals surface area contributed by atoms with Gasteiger partial charge in [-0.1, -0.05) is 19.8 Å². The van der Waals surface area contributed by atoms with Crippen LogP contribution in [0.25, 0.3) is 0 Å². The van der Waals surface area contributed by atoms with Crippen LogP contribution in [0.3, 0.4) is 0 Å². The topological polar surface area (TPSA) is 24.9 Å². The third kappa shape index (κ3) is 3.52. The molecule has 1 aromatic rings. The summed E-state index contributed by atoms with van der Waals surface area (Å²) < 4.78 is 1.08. The van der Waals surface area contributed by atoms with Crippen molar-refractivity contribution in [2.75, 3.05) is 6.54 Å². The second kappa shape index (κ2) is 5.96. The molecule has 1 aromatic heterocycles. The number of rotatable bonds is 3. The molecular formula is C14H21BrN2. The van der Waals surface area contributed by atoms with Crippen molar-refractivity contribution in [1.29, 1.82) is 0 Å². The van der Waals surface area contributed by atoms with Gasteiger partial charge in [0.25, 0.3) is 0 Å². The molecule has 1 N–H and O–H groups in total. The summed E-state index contributed by atoms with van der Waals surface area (Å²) in [5.74, 6) is 0. The Kier molecular flexibility index (Phi) is 4.57. The minimum absolute atomic E-state index is 0.291. The van der Waals surface area contributed by atoms with Crippen LogP contribution in [0.5, 0.6) is 0 Å². The standard InChI is InChI=1S/C14H21BrN2/c1-2-14(6-4-3-5-7-17-14)9-12-8-13(15)11-16-10-12/h8,10-11,17H,2-7,9H2,1H3. The van der Waals surface area contributed by atoms with Crippen molar-refractivity contribution in [2.24, 2.45) is 0 Å². The zero-order valence-corrected chi connectivity index (χ0v) is 12.1. The van der Waals surface area contributed by atoms with Crippen LogP contribution in [0.15, 0.2) is 22.9 Å². The summed E-state index contributed by atoms with van der Waals surface area (Å²) in [6, 6.07) is 2.19. The summed E-state index contributed by atoms with van der Waals surface area (Å²) in [6.07, 6.45) is 11.5. The zero-order valence-electron chi connectivity index (χ0n) is 10.5. The molecular weight excluding hydrogens is 276 g/mol. The molecule has 17 heavy (non-hydrogen) atoms. The van der Waals surface area contributed by atoms with Gasteiger partial charge in [-0.05, 0) is 59.8 Å². The van der Waals surface area contributed by atoms with E-state index in [9.17, 15) is 0 Å². The highest BCUT2D eigenvalue weighted by atomic mass is 79.9. The number of aromatic nitrogens is 1. The summed E-state index contributed by atoms with van der Waals surface area (Å²) in [5, 5.41) is 3.77. The number of nitrogens with zero attached hydrogens (tertiary/aromatic N) is 1. The first-order valence-corrected chi connectivity index (χ1v) is 7.38. The first-order valence-electron chi connectivity index (χ1n) is 6.58. The molecule has 1 aliphatic rings. The van der Waals surface area contributed by atoms with Gasteiger partial charge in [0.1, 0.15) is 0 Å². The van der Waals surface area contributed by atoms with E-state index in [1.165, 1.54) is 37.7 Å². The molecule has 0 amide bonds. The second-order valence-corrected chi connectivity index (χ2v) is 5.98. The molecule has 1 aliphatic heterocycles. The summed E-state index contributed by atoms with van der Waals surface area (Å²) in [4.78, 5) is 4.26. The first kappa shape index (κ1) is 13.0. The number of nitrogens with one attached hydrogen (secondary N) is 1. The van der Waals surface area contributed by atoms with Crippen LogP contribution in [0.2, 0.25) is 0 Å². The largest absolute Gasteiger partial charge is 0.311 e. The van der Waals surface area contributed by atoms with E-state index in [4.69, 9.17) is 0 Å². The van der Waals surface area contributed by atoms with Crippen LogP contribution in [0, 0.1) is 0 Å².